The molecule has 0 fully saturated rings. The minimum Gasteiger partial charge on any atom is -0.295 e. The Morgan fingerprint density at radius 3 is 2.81 bits per heavy atom. The van der Waals surface area contributed by atoms with E-state index in [-0.39, 0.29) is 10.9 Å². The number of benzene rings is 2. The van der Waals surface area contributed by atoms with Crippen molar-refractivity contribution in [1.29, 1.82) is 0 Å². The number of imidazole rings is 1. The van der Waals surface area contributed by atoms with Crippen molar-refractivity contribution in [3.05, 3.63) is 57.0 Å². The van der Waals surface area contributed by atoms with Crippen LogP contribution in [-0.2, 0) is 5.88 Å². The molecular formula is C15H10BrCl2FN2. The average molecular weight is 388 g/mol. The number of halogens is 4. The minimum absolute atomic E-state index is 0.0548. The van der Waals surface area contributed by atoms with Gasteiger partial charge in [0.2, 0.25) is 0 Å². The van der Waals surface area contributed by atoms with Crippen LogP contribution in [0.4, 0.5) is 4.39 Å². The Kier molecular flexibility index (Phi) is 3.95. The largest absolute Gasteiger partial charge is 0.295 e. The molecule has 0 radical (unpaired) electrons. The summed E-state index contributed by atoms with van der Waals surface area (Å²) in [5.41, 5.74) is 3.20. The smallest absolute Gasteiger partial charge is 0.144 e. The zero-order valence-corrected chi connectivity index (χ0v) is 14.1. The maximum atomic E-state index is 13.8. The lowest BCUT2D eigenvalue weighted by molar-refractivity contribution is 0.629. The quantitative estimate of drug-likeness (QED) is 0.521. The molecule has 3 aromatic rings. The molecule has 0 atom stereocenters. The zero-order chi connectivity index (χ0) is 15.1. The molecule has 1 aromatic heterocycles. The first-order valence-corrected chi connectivity index (χ1v) is 7.91. The summed E-state index contributed by atoms with van der Waals surface area (Å²) in [6.07, 6.45) is 0. The van der Waals surface area contributed by atoms with E-state index in [2.05, 4.69) is 20.9 Å². The van der Waals surface area contributed by atoms with Crippen molar-refractivity contribution in [1.82, 2.24) is 9.55 Å². The molecular weight excluding hydrogens is 378 g/mol. The van der Waals surface area contributed by atoms with E-state index in [1.807, 2.05) is 29.7 Å². The lowest BCUT2D eigenvalue weighted by Gasteiger charge is -2.12. The Labute approximate surface area is 139 Å². The van der Waals surface area contributed by atoms with Gasteiger partial charge in [0.15, 0.2) is 0 Å². The molecule has 2 nitrogen and oxygen atoms in total. The van der Waals surface area contributed by atoms with Crippen molar-refractivity contribution >= 4 is 50.2 Å². The number of rotatable bonds is 2. The lowest BCUT2D eigenvalue weighted by Crippen LogP contribution is -2.02. The van der Waals surface area contributed by atoms with Crippen LogP contribution < -0.4 is 0 Å². The van der Waals surface area contributed by atoms with Crippen LogP contribution in [0, 0.1) is 12.7 Å². The van der Waals surface area contributed by atoms with Crippen LogP contribution in [-0.4, -0.2) is 9.55 Å². The van der Waals surface area contributed by atoms with Crippen molar-refractivity contribution in [3.8, 4) is 5.69 Å². The van der Waals surface area contributed by atoms with Crippen LogP contribution in [0.25, 0.3) is 16.7 Å². The summed E-state index contributed by atoms with van der Waals surface area (Å²) in [4.78, 5) is 4.44. The molecule has 1 heterocycles. The fourth-order valence-corrected chi connectivity index (χ4v) is 3.01. The van der Waals surface area contributed by atoms with E-state index in [0.717, 1.165) is 15.7 Å². The van der Waals surface area contributed by atoms with Crippen LogP contribution in [0.5, 0.6) is 0 Å². The zero-order valence-electron chi connectivity index (χ0n) is 11.0. The van der Waals surface area contributed by atoms with Gasteiger partial charge in [-0.05, 0) is 30.7 Å². The minimum atomic E-state index is -0.473. The second-order valence-electron chi connectivity index (χ2n) is 4.64. The summed E-state index contributed by atoms with van der Waals surface area (Å²) >= 11 is 15.3. The van der Waals surface area contributed by atoms with Crippen molar-refractivity contribution in [2.24, 2.45) is 0 Å². The second-order valence-corrected chi connectivity index (χ2v) is 6.16. The molecule has 0 aliphatic rings. The first-order chi connectivity index (χ1) is 10.0. The molecule has 0 bridgehead atoms. The number of nitrogens with zero attached hydrogens (tertiary/aromatic N) is 2. The van der Waals surface area contributed by atoms with Gasteiger partial charge in [-0.2, -0.15) is 0 Å². The average Bonchev–Trinajstić information content (AvgIpc) is 2.80. The van der Waals surface area contributed by atoms with Crippen molar-refractivity contribution < 1.29 is 4.39 Å². The summed E-state index contributed by atoms with van der Waals surface area (Å²) < 4.78 is 16.7. The van der Waals surface area contributed by atoms with Crippen LogP contribution in [0.15, 0.2) is 34.8 Å². The maximum Gasteiger partial charge on any atom is 0.144 e. The Bertz CT molecular complexity index is 845. The molecule has 3 rings (SSSR count). The van der Waals surface area contributed by atoms with Gasteiger partial charge in [0, 0.05) is 10.5 Å². The fraction of sp³-hybridized carbons (Fsp3) is 0.133. The molecule has 2 aromatic carbocycles. The predicted molar refractivity (Wildman–Crippen MR) is 88.0 cm³/mol. The predicted octanol–water partition coefficient (Wildman–Crippen LogP) is 5.63. The monoisotopic (exact) mass is 386 g/mol. The lowest BCUT2D eigenvalue weighted by atomic mass is 10.2. The third-order valence-electron chi connectivity index (χ3n) is 3.37. The molecule has 0 amide bonds. The molecule has 0 spiro atoms. The standard InChI is InChI=1S/C15H10BrCl2FN2/c1-8-9(16)3-2-4-13(8)21-14-6-11(19)10(18)5-12(14)20-15(21)7-17/h2-6H,7H2,1H3. The van der Waals surface area contributed by atoms with Gasteiger partial charge in [-0.15, -0.1) is 11.6 Å². The summed E-state index contributed by atoms with van der Waals surface area (Å²) in [5, 5.41) is 0.0548. The van der Waals surface area contributed by atoms with Crippen LogP contribution >= 0.6 is 39.1 Å². The molecule has 6 heteroatoms. The van der Waals surface area contributed by atoms with E-state index in [4.69, 9.17) is 23.2 Å². The van der Waals surface area contributed by atoms with Gasteiger partial charge < -0.3 is 0 Å². The van der Waals surface area contributed by atoms with E-state index in [1.165, 1.54) is 12.1 Å². The highest BCUT2D eigenvalue weighted by atomic mass is 79.9. The summed E-state index contributed by atoms with van der Waals surface area (Å²) in [7, 11) is 0. The van der Waals surface area contributed by atoms with Gasteiger partial charge in [-0.1, -0.05) is 33.6 Å². The number of hydrogen-bond donors (Lipinski definition) is 0. The highest BCUT2D eigenvalue weighted by molar-refractivity contribution is 9.10. The number of hydrogen-bond acceptors (Lipinski definition) is 1. The van der Waals surface area contributed by atoms with Crippen LogP contribution in [0.2, 0.25) is 5.02 Å². The molecule has 108 valence electrons. The SMILES string of the molecule is Cc1c(Br)cccc1-n1c(CCl)nc2cc(Cl)c(F)cc21. The van der Waals surface area contributed by atoms with E-state index in [0.29, 0.717) is 16.9 Å². The van der Waals surface area contributed by atoms with Crippen LogP contribution in [0.1, 0.15) is 11.4 Å². The van der Waals surface area contributed by atoms with Crippen molar-refractivity contribution in [3.63, 3.8) is 0 Å². The molecule has 0 unspecified atom stereocenters. The van der Waals surface area contributed by atoms with E-state index < -0.39 is 5.82 Å². The topological polar surface area (TPSA) is 17.8 Å². The molecule has 0 aliphatic heterocycles. The number of alkyl halides is 1. The highest BCUT2D eigenvalue weighted by Crippen LogP contribution is 2.30. The summed E-state index contributed by atoms with van der Waals surface area (Å²) in [6.45, 7) is 1.98. The van der Waals surface area contributed by atoms with Gasteiger partial charge in [0.05, 0.1) is 27.6 Å². The number of aromatic nitrogens is 2. The second kappa shape index (κ2) is 5.59. The third-order valence-corrected chi connectivity index (χ3v) is 4.75. The van der Waals surface area contributed by atoms with E-state index in [1.54, 1.807) is 0 Å². The third kappa shape index (κ3) is 2.45. The first-order valence-electron chi connectivity index (χ1n) is 6.20. The molecule has 0 saturated heterocycles. The molecule has 21 heavy (non-hydrogen) atoms. The van der Waals surface area contributed by atoms with Crippen molar-refractivity contribution in [2.45, 2.75) is 12.8 Å². The van der Waals surface area contributed by atoms with Gasteiger partial charge in [0.25, 0.3) is 0 Å². The molecule has 0 aliphatic carbocycles. The Morgan fingerprint density at radius 1 is 1.33 bits per heavy atom. The Hall–Kier alpha value is -1.10. The van der Waals surface area contributed by atoms with Gasteiger partial charge in [-0.3, -0.25) is 4.57 Å². The van der Waals surface area contributed by atoms with E-state index in [9.17, 15) is 4.39 Å². The van der Waals surface area contributed by atoms with Gasteiger partial charge >= 0.3 is 0 Å². The highest BCUT2D eigenvalue weighted by Gasteiger charge is 2.16. The fourth-order valence-electron chi connectivity index (χ4n) is 2.32. The Morgan fingerprint density at radius 2 is 2.10 bits per heavy atom. The number of fused-ring (bicyclic) bond motifs is 1. The van der Waals surface area contributed by atoms with Crippen LogP contribution in [0.3, 0.4) is 0 Å². The van der Waals surface area contributed by atoms with Crippen molar-refractivity contribution in [2.75, 3.05) is 0 Å². The summed E-state index contributed by atoms with van der Waals surface area (Å²) in [5.74, 6) is 0.397. The normalized spacial score (nSPS) is 11.3. The van der Waals surface area contributed by atoms with Gasteiger partial charge in [0.1, 0.15) is 11.6 Å². The van der Waals surface area contributed by atoms with E-state index >= 15 is 0 Å². The maximum absolute atomic E-state index is 13.8. The Balaban J connectivity index is 2.40. The first kappa shape index (κ1) is 14.8. The molecule has 0 N–H and O–H groups in total. The van der Waals surface area contributed by atoms with Gasteiger partial charge in [-0.25, -0.2) is 9.37 Å². The molecule has 0 saturated carbocycles. The summed E-state index contributed by atoms with van der Waals surface area (Å²) in [6, 6.07) is 8.73.